The highest BCUT2D eigenvalue weighted by Gasteiger charge is 2.19. The van der Waals surface area contributed by atoms with Crippen LogP contribution in [0.3, 0.4) is 0 Å². The summed E-state index contributed by atoms with van der Waals surface area (Å²) in [6.45, 7) is 6.25. The zero-order valence-electron chi connectivity index (χ0n) is 16.5. The molecule has 2 unspecified atom stereocenters. The van der Waals surface area contributed by atoms with E-state index in [1.165, 1.54) is 56.9 Å². The fourth-order valence-electron chi connectivity index (χ4n) is 3.78. The molecular formula is C22H37NO2. The van der Waals surface area contributed by atoms with Gasteiger partial charge in [0.1, 0.15) is 0 Å². The molecule has 3 nitrogen and oxygen atoms in total. The molecule has 1 aromatic rings. The van der Waals surface area contributed by atoms with Crippen molar-refractivity contribution in [3.63, 3.8) is 0 Å². The number of unbranched alkanes of at least 4 members (excludes halogenated alkanes) is 4. The first kappa shape index (κ1) is 20.1. The highest BCUT2D eigenvalue weighted by Crippen LogP contribution is 2.32. The first-order valence-electron chi connectivity index (χ1n) is 10.3. The minimum absolute atomic E-state index is 0.636. The average molecular weight is 348 g/mol. The summed E-state index contributed by atoms with van der Waals surface area (Å²) in [6, 6.07) is 6.86. The van der Waals surface area contributed by atoms with Gasteiger partial charge in [0, 0.05) is 18.2 Å². The summed E-state index contributed by atoms with van der Waals surface area (Å²) in [5, 5.41) is 3.74. The Labute approximate surface area is 154 Å². The van der Waals surface area contributed by atoms with Gasteiger partial charge in [-0.25, -0.2) is 0 Å². The number of para-hydroxylation sites is 1. The molecule has 1 fully saturated rings. The third kappa shape index (κ3) is 6.89. The molecule has 0 spiro atoms. The maximum absolute atomic E-state index is 6.14. The highest BCUT2D eigenvalue weighted by molar-refractivity contribution is 5.46. The Morgan fingerprint density at radius 1 is 1.12 bits per heavy atom. The van der Waals surface area contributed by atoms with Gasteiger partial charge in [-0.2, -0.15) is 0 Å². The number of rotatable bonds is 11. The summed E-state index contributed by atoms with van der Waals surface area (Å²) in [6.07, 6.45) is 11.6. The van der Waals surface area contributed by atoms with Gasteiger partial charge in [0.2, 0.25) is 0 Å². The molecule has 1 aliphatic carbocycles. The molecule has 0 aliphatic heterocycles. The summed E-state index contributed by atoms with van der Waals surface area (Å²) >= 11 is 0. The van der Waals surface area contributed by atoms with Gasteiger partial charge in [-0.15, -0.1) is 0 Å². The smallest absolute Gasteiger partial charge is 0.165 e. The molecule has 0 amide bonds. The van der Waals surface area contributed by atoms with Crippen LogP contribution >= 0.6 is 0 Å². The lowest BCUT2D eigenvalue weighted by atomic mass is 9.87. The Hall–Kier alpha value is -1.22. The SMILES string of the molecule is CCCCCCCOc1c(CNC2CCCC(C)C2)cccc1OC. The molecule has 0 saturated heterocycles. The highest BCUT2D eigenvalue weighted by atomic mass is 16.5. The predicted molar refractivity (Wildman–Crippen MR) is 106 cm³/mol. The Bertz CT molecular complexity index is 489. The monoisotopic (exact) mass is 347 g/mol. The minimum atomic E-state index is 0.636. The van der Waals surface area contributed by atoms with Crippen molar-refractivity contribution in [2.45, 2.75) is 84.2 Å². The van der Waals surface area contributed by atoms with Crippen LogP contribution in [0.4, 0.5) is 0 Å². The molecular weight excluding hydrogens is 310 g/mol. The largest absolute Gasteiger partial charge is 0.493 e. The van der Waals surface area contributed by atoms with Crippen molar-refractivity contribution in [3.8, 4) is 11.5 Å². The molecule has 0 radical (unpaired) electrons. The van der Waals surface area contributed by atoms with Gasteiger partial charge in [0.25, 0.3) is 0 Å². The van der Waals surface area contributed by atoms with Crippen LogP contribution in [0.2, 0.25) is 0 Å². The molecule has 25 heavy (non-hydrogen) atoms. The van der Waals surface area contributed by atoms with E-state index in [9.17, 15) is 0 Å². The zero-order valence-corrected chi connectivity index (χ0v) is 16.5. The van der Waals surface area contributed by atoms with Crippen LogP contribution in [0.1, 0.15) is 77.2 Å². The molecule has 2 rings (SSSR count). The maximum Gasteiger partial charge on any atom is 0.165 e. The number of hydrogen-bond donors (Lipinski definition) is 1. The van der Waals surface area contributed by atoms with E-state index in [0.717, 1.165) is 37.0 Å². The number of nitrogens with one attached hydrogen (secondary N) is 1. The number of benzene rings is 1. The van der Waals surface area contributed by atoms with E-state index in [1.54, 1.807) is 7.11 Å². The second-order valence-electron chi connectivity index (χ2n) is 7.56. The minimum Gasteiger partial charge on any atom is -0.493 e. The van der Waals surface area contributed by atoms with Crippen LogP contribution < -0.4 is 14.8 Å². The lowest BCUT2D eigenvalue weighted by molar-refractivity contribution is 0.276. The lowest BCUT2D eigenvalue weighted by Gasteiger charge is -2.28. The van der Waals surface area contributed by atoms with Crippen molar-refractivity contribution in [1.82, 2.24) is 5.32 Å². The van der Waals surface area contributed by atoms with Gasteiger partial charge in [-0.05, 0) is 31.2 Å². The summed E-state index contributed by atoms with van der Waals surface area (Å²) in [5.41, 5.74) is 1.21. The third-order valence-electron chi connectivity index (χ3n) is 5.29. The molecule has 142 valence electrons. The Morgan fingerprint density at radius 2 is 1.96 bits per heavy atom. The Morgan fingerprint density at radius 3 is 2.72 bits per heavy atom. The predicted octanol–water partition coefficient (Wildman–Crippen LogP) is 5.71. The quantitative estimate of drug-likeness (QED) is 0.520. The van der Waals surface area contributed by atoms with Crippen molar-refractivity contribution >= 4 is 0 Å². The van der Waals surface area contributed by atoms with E-state index in [-0.39, 0.29) is 0 Å². The van der Waals surface area contributed by atoms with E-state index in [2.05, 4.69) is 31.3 Å². The van der Waals surface area contributed by atoms with Gasteiger partial charge < -0.3 is 14.8 Å². The van der Waals surface area contributed by atoms with Crippen molar-refractivity contribution in [2.24, 2.45) is 5.92 Å². The van der Waals surface area contributed by atoms with Crippen LogP contribution in [0.5, 0.6) is 11.5 Å². The van der Waals surface area contributed by atoms with Gasteiger partial charge in [-0.1, -0.05) is 64.5 Å². The normalized spacial score (nSPS) is 20.4. The van der Waals surface area contributed by atoms with Gasteiger partial charge in [0.05, 0.1) is 13.7 Å². The Balaban J connectivity index is 1.88. The van der Waals surface area contributed by atoms with E-state index in [4.69, 9.17) is 9.47 Å². The summed E-state index contributed by atoms with van der Waals surface area (Å²) < 4.78 is 11.7. The molecule has 1 aromatic carbocycles. The van der Waals surface area contributed by atoms with Crippen LogP contribution in [0, 0.1) is 5.92 Å². The summed E-state index contributed by atoms with van der Waals surface area (Å²) in [4.78, 5) is 0. The first-order chi connectivity index (χ1) is 12.2. The molecule has 1 N–H and O–H groups in total. The zero-order chi connectivity index (χ0) is 17.9. The standard InChI is InChI=1S/C22H37NO2/c1-4-5-6-7-8-15-25-22-19(12-10-14-21(22)24-3)17-23-20-13-9-11-18(2)16-20/h10,12,14,18,20,23H,4-9,11,13,15-17H2,1-3H3. The average Bonchev–Trinajstić information content (AvgIpc) is 2.63. The van der Waals surface area contributed by atoms with E-state index in [0.29, 0.717) is 6.04 Å². The number of ether oxygens (including phenoxy) is 2. The van der Waals surface area contributed by atoms with E-state index >= 15 is 0 Å². The van der Waals surface area contributed by atoms with Gasteiger partial charge in [0.15, 0.2) is 11.5 Å². The third-order valence-corrected chi connectivity index (χ3v) is 5.29. The lowest BCUT2D eigenvalue weighted by Crippen LogP contribution is -2.33. The topological polar surface area (TPSA) is 30.5 Å². The van der Waals surface area contributed by atoms with Crippen LogP contribution in [-0.2, 0) is 6.54 Å². The second kappa shape index (κ2) is 11.4. The molecule has 3 heteroatoms. The fourth-order valence-corrected chi connectivity index (χ4v) is 3.78. The summed E-state index contributed by atoms with van der Waals surface area (Å²) in [7, 11) is 1.73. The van der Waals surface area contributed by atoms with Gasteiger partial charge in [-0.3, -0.25) is 0 Å². The fraction of sp³-hybridized carbons (Fsp3) is 0.727. The maximum atomic E-state index is 6.14. The van der Waals surface area contributed by atoms with Gasteiger partial charge >= 0.3 is 0 Å². The molecule has 1 aliphatic rings. The molecule has 1 saturated carbocycles. The van der Waals surface area contributed by atoms with Crippen LogP contribution in [0.25, 0.3) is 0 Å². The number of methoxy groups -OCH3 is 1. The van der Waals surface area contributed by atoms with E-state index < -0.39 is 0 Å². The molecule has 0 heterocycles. The van der Waals surface area contributed by atoms with Crippen molar-refractivity contribution in [2.75, 3.05) is 13.7 Å². The molecule has 0 aromatic heterocycles. The Kier molecular flexibility index (Phi) is 9.17. The van der Waals surface area contributed by atoms with Crippen LogP contribution in [0.15, 0.2) is 18.2 Å². The van der Waals surface area contributed by atoms with Crippen molar-refractivity contribution in [1.29, 1.82) is 0 Å². The second-order valence-corrected chi connectivity index (χ2v) is 7.56. The molecule has 2 atom stereocenters. The van der Waals surface area contributed by atoms with Crippen LogP contribution in [-0.4, -0.2) is 19.8 Å². The summed E-state index contributed by atoms with van der Waals surface area (Å²) in [5.74, 6) is 2.62. The van der Waals surface area contributed by atoms with E-state index in [1.807, 2.05) is 6.07 Å². The van der Waals surface area contributed by atoms with Crippen molar-refractivity contribution in [3.05, 3.63) is 23.8 Å². The van der Waals surface area contributed by atoms with Crippen molar-refractivity contribution < 1.29 is 9.47 Å². The number of hydrogen-bond acceptors (Lipinski definition) is 3. The molecule has 0 bridgehead atoms. The first-order valence-corrected chi connectivity index (χ1v) is 10.3.